The second-order valence-corrected chi connectivity index (χ2v) is 4.38. The fourth-order valence-electron chi connectivity index (χ4n) is 1.33. The third kappa shape index (κ3) is 2.00. The Balaban J connectivity index is 0.000000531. The SMILES string of the molecule is C=S1C=Cc2c1ncc(C#N)c2C.CC. The minimum Gasteiger partial charge on any atom is -0.248 e. The summed E-state index contributed by atoms with van der Waals surface area (Å²) < 4.78 is 0. The van der Waals surface area contributed by atoms with Crippen molar-refractivity contribution in [3.05, 3.63) is 28.3 Å². The van der Waals surface area contributed by atoms with Gasteiger partial charge in [0, 0.05) is 11.8 Å². The molecule has 0 fully saturated rings. The Hall–Kier alpha value is -1.40. The van der Waals surface area contributed by atoms with Gasteiger partial charge in [-0.3, -0.25) is 0 Å². The van der Waals surface area contributed by atoms with Gasteiger partial charge in [-0.2, -0.15) is 5.26 Å². The highest BCUT2D eigenvalue weighted by Gasteiger charge is 2.13. The van der Waals surface area contributed by atoms with Crippen molar-refractivity contribution in [2.45, 2.75) is 25.8 Å². The lowest BCUT2D eigenvalue weighted by Crippen LogP contribution is -1.91. The summed E-state index contributed by atoms with van der Waals surface area (Å²) in [5.74, 6) is 3.97. The molecule has 0 bridgehead atoms. The molecule has 1 atom stereocenters. The molecule has 2 nitrogen and oxygen atoms in total. The predicted molar refractivity (Wildman–Crippen MR) is 67.0 cm³/mol. The Bertz CT molecular complexity index is 467. The Labute approximate surface area is 93.2 Å². The van der Waals surface area contributed by atoms with Gasteiger partial charge in [-0.05, 0) is 24.0 Å². The minimum absolute atomic E-state index is 0.119. The lowest BCUT2D eigenvalue weighted by atomic mass is 10.1. The molecule has 2 heterocycles. The Kier molecular flexibility index (Phi) is 3.81. The standard InChI is InChI=1S/C10H8N2S.C2H6/c1-7-8(5-11)6-12-10-9(7)3-4-13(10)2;1-2/h3-4,6H,2H2,1H3;1-2H3. The van der Waals surface area contributed by atoms with E-state index in [1.54, 1.807) is 6.20 Å². The number of nitrogens with zero attached hydrogens (tertiary/aromatic N) is 2. The van der Waals surface area contributed by atoms with Crippen molar-refractivity contribution in [1.82, 2.24) is 4.98 Å². The van der Waals surface area contributed by atoms with E-state index in [-0.39, 0.29) is 10.5 Å². The number of fused-ring (bicyclic) bond motifs is 1. The zero-order chi connectivity index (χ0) is 11.4. The first-order valence-corrected chi connectivity index (χ1v) is 6.30. The van der Waals surface area contributed by atoms with Gasteiger partial charge in [0.15, 0.2) is 0 Å². The van der Waals surface area contributed by atoms with Gasteiger partial charge in [0.1, 0.15) is 11.1 Å². The number of aromatic nitrogens is 1. The van der Waals surface area contributed by atoms with Crippen molar-refractivity contribution in [2.75, 3.05) is 0 Å². The summed E-state index contributed by atoms with van der Waals surface area (Å²) in [7, 11) is -0.119. The Morgan fingerprint density at radius 3 is 2.73 bits per heavy atom. The lowest BCUT2D eigenvalue weighted by Gasteiger charge is -2.03. The molecule has 3 heteroatoms. The molecule has 0 N–H and O–H groups in total. The molecule has 1 aromatic rings. The Morgan fingerprint density at radius 1 is 1.47 bits per heavy atom. The Morgan fingerprint density at radius 2 is 2.13 bits per heavy atom. The van der Waals surface area contributed by atoms with E-state index in [2.05, 4.69) is 16.9 Å². The van der Waals surface area contributed by atoms with Gasteiger partial charge < -0.3 is 0 Å². The molecule has 0 amide bonds. The highest BCUT2D eigenvalue weighted by molar-refractivity contribution is 8.17. The second-order valence-electron chi connectivity index (χ2n) is 2.86. The van der Waals surface area contributed by atoms with Crippen LogP contribution in [0.15, 0.2) is 16.6 Å². The number of pyridine rings is 1. The van der Waals surface area contributed by atoms with Crippen LogP contribution in [0.2, 0.25) is 0 Å². The molecule has 0 radical (unpaired) electrons. The highest BCUT2D eigenvalue weighted by Crippen LogP contribution is 2.37. The molecular formula is C12H14N2S. The van der Waals surface area contributed by atoms with Crippen LogP contribution >= 0.6 is 10.5 Å². The predicted octanol–water partition coefficient (Wildman–Crippen LogP) is 3.33. The molecular weight excluding hydrogens is 204 g/mol. The molecule has 0 spiro atoms. The number of nitriles is 1. The van der Waals surface area contributed by atoms with Crippen molar-refractivity contribution in [3.63, 3.8) is 0 Å². The average Bonchev–Trinajstić information content (AvgIpc) is 2.65. The maximum atomic E-state index is 8.79. The molecule has 1 aliphatic rings. The van der Waals surface area contributed by atoms with Crippen LogP contribution in [0.5, 0.6) is 0 Å². The maximum Gasteiger partial charge on any atom is 0.101 e. The second kappa shape index (κ2) is 4.90. The third-order valence-corrected chi connectivity index (χ3v) is 3.40. The fourth-order valence-corrected chi connectivity index (χ4v) is 2.45. The molecule has 1 unspecified atom stereocenters. The first-order chi connectivity index (χ1) is 7.24. The van der Waals surface area contributed by atoms with Crippen LogP contribution in [0.25, 0.3) is 6.08 Å². The molecule has 0 saturated heterocycles. The highest BCUT2D eigenvalue weighted by atomic mass is 32.2. The van der Waals surface area contributed by atoms with Crippen LogP contribution in [0.3, 0.4) is 0 Å². The summed E-state index contributed by atoms with van der Waals surface area (Å²) in [4.78, 5) is 4.24. The van der Waals surface area contributed by atoms with E-state index in [9.17, 15) is 0 Å². The number of hydrogen-bond acceptors (Lipinski definition) is 2. The maximum absolute atomic E-state index is 8.79. The summed E-state index contributed by atoms with van der Waals surface area (Å²) >= 11 is 0. The number of rotatable bonds is 0. The normalized spacial score (nSPS) is 16.3. The van der Waals surface area contributed by atoms with E-state index < -0.39 is 0 Å². The zero-order valence-corrected chi connectivity index (χ0v) is 10.1. The fraction of sp³-hybridized carbons (Fsp3) is 0.250. The third-order valence-electron chi connectivity index (χ3n) is 2.12. The van der Waals surface area contributed by atoms with Crippen LogP contribution in [-0.4, -0.2) is 10.9 Å². The van der Waals surface area contributed by atoms with Gasteiger partial charge in [-0.1, -0.05) is 19.7 Å². The molecule has 1 aliphatic heterocycles. The molecule has 0 aromatic carbocycles. The summed E-state index contributed by atoms with van der Waals surface area (Å²) in [6, 6.07) is 2.13. The molecule has 15 heavy (non-hydrogen) atoms. The van der Waals surface area contributed by atoms with Crippen LogP contribution < -0.4 is 0 Å². The smallest absolute Gasteiger partial charge is 0.101 e. The van der Waals surface area contributed by atoms with Crippen molar-refractivity contribution >= 4 is 22.4 Å². The summed E-state index contributed by atoms with van der Waals surface area (Å²) in [5, 5.41) is 11.8. The van der Waals surface area contributed by atoms with E-state index >= 15 is 0 Å². The lowest BCUT2D eigenvalue weighted by molar-refractivity contribution is 1.09. The average molecular weight is 218 g/mol. The van der Waals surface area contributed by atoms with Gasteiger partial charge in [0.05, 0.1) is 5.56 Å². The van der Waals surface area contributed by atoms with E-state index in [1.807, 2.05) is 32.3 Å². The van der Waals surface area contributed by atoms with Crippen molar-refractivity contribution in [3.8, 4) is 6.07 Å². The van der Waals surface area contributed by atoms with Crippen molar-refractivity contribution in [1.29, 1.82) is 5.26 Å². The monoisotopic (exact) mass is 218 g/mol. The topological polar surface area (TPSA) is 36.7 Å². The van der Waals surface area contributed by atoms with Crippen LogP contribution in [-0.2, 0) is 0 Å². The van der Waals surface area contributed by atoms with Crippen molar-refractivity contribution < 1.29 is 0 Å². The summed E-state index contributed by atoms with van der Waals surface area (Å²) in [6.45, 7) is 5.95. The van der Waals surface area contributed by atoms with E-state index in [1.165, 1.54) is 0 Å². The molecule has 78 valence electrons. The minimum atomic E-state index is -0.119. The summed E-state index contributed by atoms with van der Waals surface area (Å²) in [5.41, 5.74) is 2.75. The van der Waals surface area contributed by atoms with E-state index in [0.29, 0.717) is 5.56 Å². The van der Waals surface area contributed by atoms with Gasteiger partial charge >= 0.3 is 0 Å². The van der Waals surface area contributed by atoms with Crippen LogP contribution in [0.1, 0.15) is 30.5 Å². The van der Waals surface area contributed by atoms with Gasteiger partial charge in [-0.25, -0.2) is 4.98 Å². The van der Waals surface area contributed by atoms with Gasteiger partial charge in [0.2, 0.25) is 0 Å². The zero-order valence-electron chi connectivity index (χ0n) is 9.24. The molecule has 0 saturated carbocycles. The first kappa shape index (κ1) is 11.7. The molecule has 1 aromatic heterocycles. The van der Waals surface area contributed by atoms with Gasteiger partial charge in [0.25, 0.3) is 0 Å². The van der Waals surface area contributed by atoms with Gasteiger partial charge in [-0.15, -0.1) is 10.5 Å². The largest absolute Gasteiger partial charge is 0.248 e. The molecule has 2 rings (SSSR count). The first-order valence-electron chi connectivity index (χ1n) is 4.84. The van der Waals surface area contributed by atoms with E-state index in [0.717, 1.165) is 16.2 Å². The quantitative estimate of drug-likeness (QED) is 0.626. The van der Waals surface area contributed by atoms with E-state index in [4.69, 9.17) is 5.26 Å². The summed E-state index contributed by atoms with van der Waals surface area (Å²) in [6.07, 6.45) is 3.64. The number of hydrogen-bond donors (Lipinski definition) is 0. The van der Waals surface area contributed by atoms with Crippen LogP contribution in [0.4, 0.5) is 0 Å². The van der Waals surface area contributed by atoms with Crippen molar-refractivity contribution in [2.24, 2.45) is 0 Å². The molecule has 0 aliphatic carbocycles. The van der Waals surface area contributed by atoms with Crippen LogP contribution in [0, 0.1) is 18.3 Å².